The molecular formula is C50H36N2. The van der Waals surface area contributed by atoms with E-state index < -0.39 is 0 Å². The van der Waals surface area contributed by atoms with Gasteiger partial charge in [-0.3, -0.25) is 0 Å². The van der Waals surface area contributed by atoms with Crippen LogP contribution in [0.15, 0.2) is 182 Å². The van der Waals surface area contributed by atoms with Gasteiger partial charge in [-0.1, -0.05) is 133 Å². The van der Waals surface area contributed by atoms with Crippen molar-refractivity contribution in [3.63, 3.8) is 0 Å². The molecule has 246 valence electrons. The van der Waals surface area contributed by atoms with E-state index in [0.29, 0.717) is 0 Å². The Labute approximate surface area is 303 Å². The highest BCUT2D eigenvalue weighted by atomic mass is 15.2. The van der Waals surface area contributed by atoms with Crippen molar-refractivity contribution < 1.29 is 0 Å². The van der Waals surface area contributed by atoms with Gasteiger partial charge in [0.15, 0.2) is 0 Å². The van der Waals surface area contributed by atoms with Crippen LogP contribution in [-0.2, 0) is 0 Å². The van der Waals surface area contributed by atoms with Crippen LogP contribution in [0.2, 0.25) is 0 Å². The molecule has 10 rings (SSSR count). The van der Waals surface area contributed by atoms with Crippen molar-refractivity contribution in [2.45, 2.75) is 13.8 Å². The van der Waals surface area contributed by atoms with Crippen LogP contribution in [0.25, 0.3) is 53.9 Å². The lowest BCUT2D eigenvalue weighted by Gasteiger charge is -2.30. The Morgan fingerprint density at radius 3 is 1.13 bits per heavy atom. The van der Waals surface area contributed by atoms with E-state index in [1.807, 2.05) is 0 Å². The van der Waals surface area contributed by atoms with Crippen molar-refractivity contribution in [1.29, 1.82) is 0 Å². The van der Waals surface area contributed by atoms with Crippen LogP contribution in [0.1, 0.15) is 11.1 Å². The number of benzene rings is 10. The van der Waals surface area contributed by atoms with Gasteiger partial charge in [0.2, 0.25) is 0 Å². The van der Waals surface area contributed by atoms with Crippen molar-refractivity contribution >= 4 is 88.0 Å². The van der Waals surface area contributed by atoms with E-state index in [1.165, 1.54) is 87.7 Å². The number of hydrogen-bond acceptors (Lipinski definition) is 2. The molecule has 2 heteroatoms. The minimum absolute atomic E-state index is 1.15. The second kappa shape index (κ2) is 12.0. The maximum absolute atomic E-state index is 2.46. The first kappa shape index (κ1) is 30.2. The van der Waals surface area contributed by atoms with E-state index >= 15 is 0 Å². The summed E-state index contributed by atoms with van der Waals surface area (Å²) in [5.74, 6) is 0. The molecule has 0 aliphatic rings. The quantitative estimate of drug-likeness (QED) is 0.163. The second-order valence-corrected chi connectivity index (χ2v) is 13.9. The minimum atomic E-state index is 1.15. The van der Waals surface area contributed by atoms with Gasteiger partial charge >= 0.3 is 0 Å². The average Bonchev–Trinajstić information content (AvgIpc) is 3.18. The smallest absolute Gasteiger partial charge is 0.0540 e. The maximum Gasteiger partial charge on any atom is 0.0540 e. The molecular weight excluding hydrogens is 629 g/mol. The summed E-state index contributed by atoms with van der Waals surface area (Å²) in [6.45, 7) is 4.35. The van der Waals surface area contributed by atoms with Crippen LogP contribution in [-0.4, -0.2) is 0 Å². The zero-order chi connectivity index (χ0) is 34.8. The molecule has 52 heavy (non-hydrogen) atoms. The predicted octanol–water partition coefficient (Wildman–Crippen LogP) is 14.4. The Balaban J connectivity index is 1.27. The monoisotopic (exact) mass is 664 g/mol. The molecule has 0 heterocycles. The molecule has 0 bridgehead atoms. The molecule has 0 amide bonds. The topological polar surface area (TPSA) is 6.48 Å². The van der Waals surface area contributed by atoms with E-state index in [4.69, 9.17) is 0 Å². The molecule has 0 radical (unpaired) electrons. The molecule has 0 saturated carbocycles. The van der Waals surface area contributed by atoms with Crippen molar-refractivity contribution in [3.05, 3.63) is 193 Å². The maximum atomic E-state index is 2.46. The third kappa shape index (κ3) is 4.80. The number of aryl methyl sites for hydroxylation is 2. The van der Waals surface area contributed by atoms with Gasteiger partial charge in [0.25, 0.3) is 0 Å². The lowest BCUT2D eigenvalue weighted by molar-refractivity contribution is 1.29. The molecule has 0 spiro atoms. The van der Waals surface area contributed by atoms with Gasteiger partial charge in [-0.2, -0.15) is 0 Å². The Hall–Kier alpha value is -6.64. The highest BCUT2D eigenvalue weighted by Gasteiger charge is 2.23. The number of rotatable bonds is 6. The molecule has 0 N–H and O–H groups in total. The SMILES string of the molecule is Cc1cccc(N(c2cccc3ccccc23)c2ccc3ccc4c(N(c5cccc(C)c5)c5cccc6ccccc56)ccc5ccc2c3c54)c1. The molecule has 0 aromatic heterocycles. The first-order valence-corrected chi connectivity index (χ1v) is 18.0. The summed E-state index contributed by atoms with van der Waals surface area (Å²) in [4.78, 5) is 4.91. The van der Waals surface area contributed by atoms with Gasteiger partial charge in [-0.05, 0) is 106 Å². The lowest BCUT2D eigenvalue weighted by Crippen LogP contribution is -2.12. The number of anilines is 6. The normalized spacial score (nSPS) is 11.7. The van der Waals surface area contributed by atoms with E-state index in [2.05, 4.69) is 206 Å². The van der Waals surface area contributed by atoms with E-state index in [-0.39, 0.29) is 0 Å². The summed E-state index contributed by atoms with van der Waals surface area (Å²) in [6.07, 6.45) is 0. The summed E-state index contributed by atoms with van der Waals surface area (Å²) in [7, 11) is 0. The lowest BCUT2D eigenvalue weighted by atomic mass is 9.91. The standard InChI is InChI=1S/C50H36N2/c1-33-11-7-17-39(31-33)51(45-21-9-15-35-13-3-5-19-41(35)45)47-29-25-37-24-28-44-48(30-26-38-23-27-43(47)49(37)50(38)44)52(40-18-8-12-34(2)32-40)46-22-10-16-36-14-4-6-20-42(36)46/h3-32H,1-2H3. The molecule has 0 fully saturated rings. The molecule has 0 aliphatic carbocycles. The third-order valence-corrected chi connectivity index (χ3v) is 10.6. The summed E-state index contributed by atoms with van der Waals surface area (Å²) in [6, 6.07) is 66.9. The summed E-state index contributed by atoms with van der Waals surface area (Å²) in [5, 5.41) is 12.4. The summed E-state index contributed by atoms with van der Waals surface area (Å²) < 4.78 is 0. The van der Waals surface area contributed by atoms with Crippen LogP contribution >= 0.6 is 0 Å². The molecule has 0 aliphatic heterocycles. The van der Waals surface area contributed by atoms with Crippen LogP contribution in [0, 0.1) is 13.8 Å². The molecule has 0 saturated heterocycles. The first-order valence-electron chi connectivity index (χ1n) is 18.0. The first-order chi connectivity index (χ1) is 25.6. The molecule has 2 nitrogen and oxygen atoms in total. The Morgan fingerprint density at radius 1 is 0.288 bits per heavy atom. The van der Waals surface area contributed by atoms with Crippen LogP contribution in [0.5, 0.6) is 0 Å². The minimum Gasteiger partial charge on any atom is -0.309 e. The highest BCUT2D eigenvalue weighted by Crippen LogP contribution is 2.49. The second-order valence-electron chi connectivity index (χ2n) is 13.9. The fourth-order valence-corrected chi connectivity index (χ4v) is 8.32. The number of hydrogen-bond donors (Lipinski definition) is 0. The van der Waals surface area contributed by atoms with Gasteiger partial charge in [0.05, 0.1) is 22.7 Å². The third-order valence-electron chi connectivity index (χ3n) is 10.6. The zero-order valence-corrected chi connectivity index (χ0v) is 29.2. The molecule has 10 aromatic rings. The summed E-state index contributed by atoms with van der Waals surface area (Å²) in [5.41, 5.74) is 9.42. The van der Waals surface area contributed by atoms with Gasteiger partial charge in [-0.15, -0.1) is 0 Å². The van der Waals surface area contributed by atoms with Crippen molar-refractivity contribution in [2.24, 2.45) is 0 Å². The van der Waals surface area contributed by atoms with Gasteiger partial charge in [0.1, 0.15) is 0 Å². The van der Waals surface area contributed by atoms with Crippen LogP contribution in [0.3, 0.4) is 0 Å². The number of nitrogens with zero attached hydrogens (tertiary/aromatic N) is 2. The van der Waals surface area contributed by atoms with Crippen LogP contribution in [0.4, 0.5) is 34.1 Å². The van der Waals surface area contributed by atoms with Crippen molar-refractivity contribution in [3.8, 4) is 0 Å². The molecule has 0 atom stereocenters. The van der Waals surface area contributed by atoms with Crippen molar-refractivity contribution in [1.82, 2.24) is 0 Å². The summed E-state index contributed by atoms with van der Waals surface area (Å²) >= 11 is 0. The molecule has 10 aromatic carbocycles. The van der Waals surface area contributed by atoms with Crippen LogP contribution < -0.4 is 9.80 Å². The predicted molar refractivity (Wildman–Crippen MR) is 224 cm³/mol. The van der Waals surface area contributed by atoms with E-state index in [9.17, 15) is 0 Å². The van der Waals surface area contributed by atoms with E-state index in [0.717, 1.165) is 11.4 Å². The fourth-order valence-electron chi connectivity index (χ4n) is 8.32. The average molecular weight is 665 g/mol. The Morgan fingerprint density at radius 2 is 0.673 bits per heavy atom. The Bertz CT molecular complexity index is 2740. The van der Waals surface area contributed by atoms with Gasteiger partial charge in [0, 0.05) is 32.9 Å². The Kier molecular flexibility index (Phi) is 6.97. The number of fused-ring (bicyclic) bond motifs is 2. The van der Waals surface area contributed by atoms with Crippen molar-refractivity contribution in [2.75, 3.05) is 9.80 Å². The molecule has 0 unspecified atom stereocenters. The largest absolute Gasteiger partial charge is 0.309 e. The van der Waals surface area contributed by atoms with Gasteiger partial charge in [-0.25, -0.2) is 0 Å². The van der Waals surface area contributed by atoms with E-state index in [1.54, 1.807) is 0 Å². The fraction of sp³-hybridized carbons (Fsp3) is 0.0400. The highest BCUT2D eigenvalue weighted by molar-refractivity contribution is 6.28. The van der Waals surface area contributed by atoms with Gasteiger partial charge < -0.3 is 9.80 Å². The zero-order valence-electron chi connectivity index (χ0n) is 29.2.